The molecule has 39 heavy (non-hydrogen) atoms. The quantitative estimate of drug-likeness (QED) is 0.359. The normalized spacial score (nSPS) is 17.7. The highest BCUT2D eigenvalue weighted by atomic mass is 32.1. The van der Waals surface area contributed by atoms with Gasteiger partial charge in [-0.2, -0.15) is 0 Å². The molecule has 202 valence electrons. The van der Waals surface area contributed by atoms with E-state index in [9.17, 15) is 24.3 Å². The molecule has 1 fully saturated rings. The third kappa shape index (κ3) is 5.96. The molecule has 1 unspecified atom stereocenters. The van der Waals surface area contributed by atoms with E-state index in [4.69, 9.17) is 0 Å². The van der Waals surface area contributed by atoms with E-state index in [0.717, 1.165) is 31.4 Å². The number of hydrogen-bond donors (Lipinski definition) is 3. The number of para-hydroxylation sites is 2. The molecular formula is C29H30N4O5S. The number of benzene rings is 2. The van der Waals surface area contributed by atoms with E-state index in [0.29, 0.717) is 16.3 Å². The summed E-state index contributed by atoms with van der Waals surface area (Å²) in [6.07, 6.45) is 5.33. The highest BCUT2D eigenvalue weighted by Crippen LogP contribution is 2.37. The summed E-state index contributed by atoms with van der Waals surface area (Å²) in [5.41, 5.74) is 1.86. The summed E-state index contributed by atoms with van der Waals surface area (Å²) in [6, 6.07) is 15.7. The first-order valence-corrected chi connectivity index (χ1v) is 13.9. The maximum absolute atomic E-state index is 14.0. The van der Waals surface area contributed by atoms with Crippen molar-refractivity contribution in [3.05, 3.63) is 76.5 Å². The third-order valence-corrected chi connectivity index (χ3v) is 8.12. The molecule has 1 aliphatic carbocycles. The summed E-state index contributed by atoms with van der Waals surface area (Å²) in [7, 11) is 0. The Hall–Kier alpha value is -4.18. The van der Waals surface area contributed by atoms with Crippen LogP contribution in [0, 0.1) is 0 Å². The number of nitrogens with zero attached hydrogens (tertiary/aromatic N) is 2. The first-order valence-electron chi connectivity index (χ1n) is 13.1. The fraction of sp³-hybridized carbons (Fsp3) is 0.310. The summed E-state index contributed by atoms with van der Waals surface area (Å²) in [4.78, 5) is 55.8. The number of carbonyl (C=O) groups is 4. The average Bonchev–Trinajstić information content (AvgIpc) is 3.46. The Balaban J connectivity index is 1.45. The number of hydrogen-bond acceptors (Lipinski definition) is 6. The summed E-state index contributed by atoms with van der Waals surface area (Å²) in [5.74, 6) is -1.65. The van der Waals surface area contributed by atoms with Crippen molar-refractivity contribution in [2.45, 2.75) is 44.2 Å². The zero-order chi connectivity index (χ0) is 27.4. The van der Waals surface area contributed by atoms with Crippen LogP contribution in [0.25, 0.3) is 0 Å². The van der Waals surface area contributed by atoms with Crippen LogP contribution in [0.1, 0.15) is 52.1 Å². The molecule has 0 saturated heterocycles. The second kappa shape index (κ2) is 11.7. The lowest BCUT2D eigenvalue weighted by molar-refractivity contribution is -0.120. The number of Topliss-reactive ketones (excluding diaryl/α,β-unsaturated/α-hetero) is 1. The lowest BCUT2D eigenvalue weighted by atomic mass is 9.93. The van der Waals surface area contributed by atoms with Gasteiger partial charge in [0.1, 0.15) is 6.04 Å². The lowest BCUT2D eigenvalue weighted by Gasteiger charge is -2.37. The molecule has 5 rings (SSSR count). The summed E-state index contributed by atoms with van der Waals surface area (Å²) < 4.78 is 0. The van der Waals surface area contributed by atoms with Crippen LogP contribution >= 0.6 is 11.3 Å². The Morgan fingerprint density at radius 2 is 1.72 bits per heavy atom. The van der Waals surface area contributed by atoms with Gasteiger partial charge in [-0.25, -0.2) is 9.59 Å². The third-order valence-electron chi connectivity index (χ3n) is 7.21. The van der Waals surface area contributed by atoms with Crippen molar-refractivity contribution in [1.29, 1.82) is 0 Å². The van der Waals surface area contributed by atoms with Crippen molar-refractivity contribution in [2.75, 3.05) is 28.2 Å². The monoisotopic (exact) mass is 546 g/mol. The molecule has 1 saturated carbocycles. The van der Waals surface area contributed by atoms with Gasteiger partial charge in [0.25, 0.3) is 5.91 Å². The minimum absolute atomic E-state index is 0.0375. The number of fused-ring (bicyclic) bond motifs is 1. The molecular weight excluding hydrogens is 516 g/mol. The number of thiophene rings is 1. The molecule has 2 aliphatic rings. The summed E-state index contributed by atoms with van der Waals surface area (Å²) in [6.45, 7) is 0.113. The molecule has 0 bridgehead atoms. The molecule has 3 N–H and O–H groups in total. The highest BCUT2D eigenvalue weighted by molar-refractivity contribution is 7.12. The minimum atomic E-state index is -1.11. The molecule has 0 spiro atoms. The second-order valence-electron chi connectivity index (χ2n) is 9.79. The van der Waals surface area contributed by atoms with Crippen LogP contribution in [0.5, 0.6) is 0 Å². The number of carboxylic acids is 1. The van der Waals surface area contributed by atoms with Crippen molar-refractivity contribution >= 4 is 52.1 Å². The van der Waals surface area contributed by atoms with Gasteiger partial charge in [0, 0.05) is 18.3 Å². The number of rotatable bonds is 7. The molecule has 1 aromatic heterocycles. The van der Waals surface area contributed by atoms with Crippen LogP contribution in [-0.2, 0) is 4.79 Å². The van der Waals surface area contributed by atoms with E-state index in [2.05, 4.69) is 15.5 Å². The summed E-state index contributed by atoms with van der Waals surface area (Å²) in [5, 5.41) is 16.6. The van der Waals surface area contributed by atoms with Crippen LogP contribution in [0.2, 0.25) is 0 Å². The lowest BCUT2D eigenvalue weighted by Crippen LogP contribution is -2.55. The van der Waals surface area contributed by atoms with Gasteiger partial charge in [-0.05, 0) is 54.6 Å². The number of carbonyl (C=O) groups excluding carboxylic acids is 3. The van der Waals surface area contributed by atoms with Gasteiger partial charge in [-0.15, -0.1) is 11.3 Å². The fourth-order valence-corrected chi connectivity index (χ4v) is 6.00. The van der Waals surface area contributed by atoms with Gasteiger partial charge in [-0.1, -0.05) is 43.5 Å². The first kappa shape index (κ1) is 26.4. The van der Waals surface area contributed by atoms with Gasteiger partial charge in [0.2, 0.25) is 0 Å². The second-order valence-corrected chi connectivity index (χ2v) is 10.7. The zero-order valence-corrected chi connectivity index (χ0v) is 22.2. The van der Waals surface area contributed by atoms with E-state index >= 15 is 0 Å². The van der Waals surface area contributed by atoms with Crippen molar-refractivity contribution in [3.8, 4) is 0 Å². The summed E-state index contributed by atoms with van der Waals surface area (Å²) >= 11 is 1.33. The molecule has 3 aromatic rings. The number of aromatic carboxylic acids is 1. The molecule has 2 aromatic carbocycles. The largest absolute Gasteiger partial charge is 0.478 e. The molecule has 1 atom stereocenters. The van der Waals surface area contributed by atoms with Crippen molar-refractivity contribution in [2.24, 2.45) is 0 Å². The van der Waals surface area contributed by atoms with Crippen LogP contribution in [0.4, 0.5) is 21.9 Å². The van der Waals surface area contributed by atoms with E-state index in [1.165, 1.54) is 40.9 Å². The molecule has 10 heteroatoms. The van der Waals surface area contributed by atoms with Gasteiger partial charge in [0.05, 0.1) is 28.4 Å². The van der Waals surface area contributed by atoms with Crippen LogP contribution in [0.15, 0.2) is 66.0 Å². The maximum Gasteiger partial charge on any atom is 0.335 e. The van der Waals surface area contributed by atoms with Crippen molar-refractivity contribution in [3.63, 3.8) is 0 Å². The van der Waals surface area contributed by atoms with Crippen LogP contribution in [0.3, 0.4) is 0 Å². The predicted molar refractivity (Wildman–Crippen MR) is 151 cm³/mol. The Morgan fingerprint density at radius 3 is 2.44 bits per heavy atom. The van der Waals surface area contributed by atoms with Crippen molar-refractivity contribution in [1.82, 2.24) is 5.32 Å². The number of urea groups is 1. The topological polar surface area (TPSA) is 119 Å². The average molecular weight is 547 g/mol. The Bertz CT molecular complexity index is 1370. The molecule has 3 amide bonds. The fourth-order valence-electron chi connectivity index (χ4n) is 5.34. The van der Waals surface area contributed by atoms with Crippen LogP contribution in [-0.4, -0.2) is 54.0 Å². The van der Waals surface area contributed by atoms with E-state index in [-0.39, 0.29) is 36.4 Å². The van der Waals surface area contributed by atoms with Gasteiger partial charge in [0.15, 0.2) is 5.78 Å². The highest BCUT2D eigenvalue weighted by Gasteiger charge is 2.38. The van der Waals surface area contributed by atoms with Crippen molar-refractivity contribution < 1.29 is 24.3 Å². The SMILES string of the molecule is O=C(Nc1cccc(C(=O)O)c1)NC1CN(C2CCCCC2)c2ccccc2N(CC(=O)c2cccs2)C1=O. The van der Waals surface area contributed by atoms with E-state index in [1.807, 2.05) is 29.6 Å². The maximum atomic E-state index is 14.0. The minimum Gasteiger partial charge on any atom is -0.478 e. The first-order chi connectivity index (χ1) is 18.9. The number of ketones is 1. The number of nitrogens with one attached hydrogen (secondary N) is 2. The molecule has 2 heterocycles. The molecule has 0 radical (unpaired) electrons. The Kier molecular flexibility index (Phi) is 7.92. The standard InChI is InChI=1S/C29H30N4O5S/c34-25(26-14-7-15-39-26)18-33-24-13-5-4-12-23(24)32(21-10-2-1-3-11-21)17-22(27(33)35)31-29(38)30-20-9-6-8-19(16-20)28(36)37/h4-9,12-16,21-22H,1-3,10-11,17-18H2,(H,36,37)(H2,30,31,38). The van der Waals surface area contributed by atoms with Gasteiger partial charge >= 0.3 is 12.0 Å². The van der Waals surface area contributed by atoms with Gasteiger partial charge in [-0.3, -0.25) is 9.59 Å². The molecule has 9 nitrogen and oxygen atoms in total. The zero-order valence-electron chi connectivity index (χ0n) is 21.3. The van der Waals surface area contributed by atoms with Crippen LogP contribution < -0.4 is 20.4 Å². The number of anilines is 3. The molecule has 1 aliphatic heterocycles. The smallest absolute Gasteiger partial charge is 0.335 e. The van der Waals surface area contributed by atoms with Gasteiger partial charge < -0.3 is 25.5 Å². The Morgan fingerprint density at radius 1 is 0.949 bits per heavy atom. The predicted octanol–water partition coefficient (Wildman–Crippen LogP) is 5.01. The van der Waals surface area contributed by atoms with E-state index in [1.54, 1.807) is 18.2 Å². The van der Waals surface area contributed by atoms with E-state index < -0.39 is 18.0 Å². The number of carboxylic acid groups (broad SMARTS) is 1. The number of amides is 3. The Labute approximate surface area is 230 Å².